The minimum Gasteiger partial charge on any atom is -0.384 e. The predicted octanol–water partition coefficient (Wildman–Crippen LogP) is 2.44. The van der Waals surface area contributed by atoms with Gasteiger partial charge in [0.1, 0.15) is 0 Å². The standard InChI is InChI=1S/C20H34N4O/c1-4-21-20(24-14-11-19(16-24)17-25-3)22-12-8-13-23(2)15-18-9-6-5-7-10-18/h5-7,9-10,19H,4,8,11-17H2,1-3H3,(H,21,22). The lowest BCUT2D eigenvalue weighted by Gasteiger charge is -2.22. The Morgan fingerprint density at radius 1 is 1.36 bits per heavy atom. The van der Waals surface area contributed by atoms with E-state index in [-0.39, 0.29) is 0 Å². The molecule has 0 radical (unpaired) electrons. The summed E-state index contributed by atoms with van der Waals surface area (Å²) < 4.78 is 5.30. The Balaban J connectivity index is 1.73. The zero-order valence-electron chi connectivity index (χ0n) is 16.1. The largest absolute Gasteiger partial charge is 0.384 e. The van der Waals surface area contributed by atoms with Crippen molar-refractivity contribution in [2.45, 2.75) is 26.3 Å². The normalized spacial score (nSPS) is 18.2. The first kappa shape index (κ1) is 19.7. The van der Waals surface area contributed by atoms with Crippen molar-refractivity contribution in [1.82, 2.24) is 15.1 Å². The van der Waals surface area contributed by atoms with Crippen LogP contribution in [-0.2, 0) is 11.3 Å². The highest BCUT2D eigenvalue weighted by Gasteiger charge is 2.24. The van der Waals surface area contributed by atoms with Crippen LogP contribution < -0.4 is 5.32 Å². The highest BCUT2D eigenvalue weighted by atomic mass is 16.5. The summed E-state index contributed by atoms with van der Waals surface area (Å²) in [7, 11) is 3.96. The lowest BCUT2D eigenvalue weighted by atomic mass is 10.1. The van der Waals surface area contributed by atoms with Gasteiger partial charge in [-0.1, -0.05) is 30.3 Å². The third-order valence-electron chi connectivity index (χ3n) is 4.58. The van der Waals surface area contributed by atoms with Gasteiger partial charge in [0.15, 0.2) is 5.96 Å². The molecule has 0 aromatic heterocycles. The van der Waals surface area contributed by atoms with Crippen molar-refractivity contribution >= 4 is 5.96 Å². The zero-order valence-corrected chi connectivity index (χ0v) is 16.1. The first-order valence-electron chi connectivity index (χ1n) is 9.47. The molecule has 1 fully saturated rings. The van der Waals surface area contributed by atoms with Crippen molar-refractivity contribution in [1.29, 1.82) is 0 Å². The molecule has 0 spiro atoms. The van der Waals surface area contributed by atoms with Gasteiger partial charge in [0.25, 0.3) is 0 Å². The molecule has 1 saturated heterocycles. The molecule has 140 valence electrons. The highest BCUT2D eigenvalue weighted by Crippen LogP contribution is 2.16. The summed E-state index contributed by atoms with van der Waals surface area (Å²) in [6, 6.07) is 10.6. The van der Waals surface area contributed by atoms with E-state index in [0.29, 0.717) is 5.92 Å². The van der Waals surface area contributed by atoms with Gasteiger partial charge in [0, 0.05) is 45.8 Å². The van der Waals surface area contributed by atoms with Gasteiger partial charge < -0.3 is 19.9 Å². The average Bonchev–Trinajstić information content (AvgIpc) is 3.07. The lowest BCUT2D eigenvalue weighted by molar-refractivity contribution is 0.157. The van der Waals surface area contributed by atoms with Crippen molar-refractivity contribution in [3.63, 3.8) is 0 Å². The van der Waals surface area contributed by atoms with E-state index >= 15 is 0 Å². The third kappa shape index (κ3) is 7.04. The van der Waals surface area contributed by atoms with E-state index in [1.807, 2.05) is 0 Å². The van der Waals surface area contributed by atoms with Crippen LogP contribution in [-0.4, -0.2) is 69.2 Å². The Labute approximate surface area is 153 Å². The van der Waals surface area contributed by atoms with Crippen LogP contribution in [0.5, 0.6) is 0 Å². The molecule has 1 N–H and O–H groups in total. The smallest absolute Gasteiger partial charge is 0.193 e. The Morgan fingerprint density at radius 3 is 2.88 bits per heavy atom. The maximum absolute atomic E-state index is 5.30. The van der Waals surface area contributed by atoms with Crippen LogP contribution >= 0.6 is 0 Å². The van der Waals surface area contributed by atoms with Crippen LogP contribution in [0.3, 0.4) is 0 Å². The van der Waals surface area contributed by atoms with Gasteiger partial charge in [-0.15, -0.1) is 0 Å². The summed E-state index contributed by atoms with van der Waals surface area (Å²) in [6.07, 6.45) is 2.27. The van der Waals surface area contributed by atoms with Crippen molar-refractivity contribution in [2.75, 3.05) is 53.5 Å². The first-order chi connectivity index (χ1) is 12.2. The number of benzene rings is 1. The molecule has 1 unspecified atom stereocenters. The summed E-state index contributed by atoms with van der Waals surface area (Å²) >= 11 is 0. The van der Waals surface area contributed by atoms with E-state index in [0.717, 1.165) is 58.3 Å². The second-order valence-corrected chi connectivity index (χ2v) is 6.87. The Morgan fingerprint density at radius 2 is 2.16 bits per heavy atom. The second-order valence-electron chi connectivity index (χ2n) is 6.87. The van der Waals surface area contributed by atoms with Crippen molar-refractivity contribution < 1.29 is 4.74 Å². The molecule has 0 saturated carbocycles. The molecule has 0 amide bonds. The van der Waals surface area contributed by atoms with Crippen LogP contribution in [0, 0.1) is 5.92 Å². The maximum atomic E-state index is 5.30. The van der Waals surface area contributed by atoms with E-state index in [1.54, 1.807) is 7.11 Å². The molecule has 0 bridgehead atoms. The van der Waals surface area contributed by atoms with E-state index < -0.39 is 0 Å². The number of ether oxygens (including phenoxy) is 1. The number of aliphatic imine (C=N–C) groups is 1. The van der Waals surface area contributed by atoms with E-state index in [9.17, 15) is 0 Å². The fraction of sp³-hybridized carbons (Fsp3) is 0.650. The fourth-order valence-electron chi connectivity index (χ4n) is 3.32. The number of guanidine groups is 1. The van der Waals surface area contributed by atoms with Gasteiger partial charge in [0.2, 0.25) is 0 Å². The summed E-state index contributed by atoms with van der Waals surface area (Å²) in [4.78, 5) is 9.57. The number of hydrogen-bond donors (Lipinski definition) is 1. The average molecular weight is 347 g/mol. The molecule has 1 heterocycles. The molecule has 1 aromatic carbocycles. The third-order valence-corrected chi connectivity index (χ3v) is 4.58. The number of likely N-dealkylation sites (tertiary alicyclic amines) is 1. The number of methoxy groups -OCH3 is 1. The molecule has 1 atom stereocenters. The molecule has 1 aliphatic rings. The monoisotopic (exact) mass is 346 g/mol. The van der Waals surface area contributed by atoms with E-state index in [4.69, 9.17) is 9.73 Å². The van der Waals surface area contributed by atoms with Gasteiger partial charge in [-0.25, -0.2) is 0 Å². The molecule has 1 aliphatic heterocycles. The Hall–Kier alpha value is -1.59. The van der Waals surface area contributed by atoms with Crippen molar-refractivity contribution in [3.8, 4) is 0 Å². The molecule has 0 aliphatic carbocycles. The van der Waals surface area contributed by atoms with Gasteiger partial charge in [-0.3, -0.25) is 4.99 Å². The van der Waals surface area contributed by atoms with E-state index in [1.165, 1.54) is 12.0 Å². The zero-order chi connectivity index (χ0) is 17.9. The van der Waals surface area contributed by atoms with Crippen LogP contribution in [0.2, 0.25) is 0 Å². The fourth-order valence-corrected chi connectivity index (χ4v) is 3.32. The van der Waals surface area contributed by atoms with Gasteiger partial charge in [0.05, 0.1) is 6.61 Å². The Bertz CT molecular complexity index is 506. The molecule has 25 heavy (non-hydrogen) atoms. The van der Waals surface area contributed by atoms with E-state index in [2.05, 4.69) is 59.4 Å². The summed E-state index contributed by atoms with van der Waals surface area (Å²) in [5.41, 5.74) is 1.36. The summed E-state index contributed by atoms with van der Waals surface area (Å²) in [5, 5.41) is 3.44. The van der Waals surface area contributed by atoms with Gasteiger partial charge in [-0.05, 0) is 38.9 Å². The number of hydrogen-bond acceptors (Lipinski definition) is 3. The minimum absolute atomic E-state index is 0.630. The van der Waals surface area contributed by atoms with Crippen LogP contribution in [0.15, 0.2) is 35.3 Å². The molecule has 2 rings (SSSR count). The summed E-state index contributed by atoms with van der Waals surface area (Å²) in [5.74, 6) is 1.69. The van der Waals surface area contributed by atoms with Crippen LogP contribution in [0.1, 0.15) is 25.3 Å². The van der Waals surface area contributed by atoms with Crippen LogP contribution in [0.4, 0.5) is 0 Å². The van der Waals surface area contributed by atoms with Gasteiger partial charge >= 0.3 is 0 Å². The predicted molar refractivity (Wildman–Crippen MR) is 105 cm³/mol. The highest BCUT2D eigenvalue weighted by molar-refractivity contribution is 5.80. The van der Waals surface area contributed by atoms with Crippen LogP contribution in [0.25, 0.3) is 0 Å². The van der Waals surface area contributed by atoms with Gasteiger partial charge in [-0.2, -0.15) is 0 Å². The van der Waals surface area contributed by atoms with Crippen molar-refractivity contribution in [3.05, 3.63) is 35.9 Å². The molecular weight excluding hydrogens is 312 g/mol. The molecule has 5 heteroatoms. The quantitative estimate of drug-likeness (QED) is 0.424. The number of nitrogens with zero attached hydrogens (tertiary/aromatic N) is 3. The lowest BCUT2D eigenvalue weighted by Crippen LogP contribution is -2.40. The summed E-state index contributed by atoms with van der Waals surface area (Å²) in [6.45, 7) is 8.94. The number of nitrogens with one attached hydrogen (secondary N) is 1. The SMILES string of the molecule is CCNC(=NCCCN(C)Cc1ccccc1)N1CCC(COC)C1. The first-order valence-corrected chi connectivity index (χ1v) is 9.47. The Kier molecular flexibility index (Phi) is 8.77. The van der Waals surface area contributed by atoms with Crippen molar-refractivity contribution in [2.24, 2.45) is 10.9 Å². The number of rotatable bonds is 9. The topological polar surface area (TPSA) is 40.1 Å². The molecule has 5 nitrogen and oxygen atoms in total. The maximum Gasteiger partial charge on any atom is 0.193 e. The second kappa shape index (κ2) is 11.1. The minimum atomic E-state index is 0.630. The molecule has 1 aromatic rings. The molecular formula is C20H34N4O.